The topological polar surface area (TPSA) is 135 Å². The molecule has 0 radical (unpaired) electrons. The fourth-order valence-electron chi connectivity index (χ4n) is 4.00. The van der Waals surface area contributed by atoms with Crippen molar-refractivity contribution in [3.63, 3.8) is 0 Å². The monoisotopic (exact) mass is 582 g/mol. The molecule has 2 rings (SSSR count). The summed E-state index contributed by atoms with van der Waals surface area (Å²) in [5.74, 6) is -0.245. The average Bonchev–Trinajstić information content (AvgIpc) is 3.01. The molecule has 4 amide bonds. The van der Waals surface area contributed by atoms with Gasteiger partial charge in [-0.3, -0.25) is 9.59 Å². The molecule has 0 atom stereocenters. The standard InChI is InChI=1S/C32H46N4O6/c37-29(33-21-11-1-3-13-23-35-31(39)41-25-27-15-7-5-8-16-27)19-20-30(38)34-22-12-2-4-14-24-36-32(40)42-26-28-17-9-6-10-18-28/h5-10,15-18H,1-4,11-14,19-26H2,(H,33,37)(H,34,38)(H,35,39)(H,36,40). The van der Waals surface area contributed by atoms with E-state index in [0.717, 1.165) is 62.5 Å². The van der Waals surface area contributed by atoms with Gasteiger partial charge in [0, 0.05) is 39.0 Å². The van der Waals surface area contributed by atoms with Crippen LogP contribution in [-0.4, -0.2) is 50.2 Å². The summed E-state index contributed by atoms with van der Waals surface area (Å²) in [6, 6.07) is 19.1. The first-order valence-electron chi connectivity index (χ1n) is 15.0. The number of ether oxygens (including phenoxy) is 2. The van der Waals surface area contributed by atoms with Gasteiger partial charge in [0.15, 0.2) is 0 Å². The molecular formula is C32H46N4O6. The van der Waals surface area contributed by atoms with E-state index in [4.69, 9.17) is 9.47 Å². The third kappa shape index (κ3) is 18.3. The molecule has 0 aliphatic heterocycles. The zero-order valence-corrected chi connectivity index (χ0v) is 24.5. The van der Waals surface area contributed by atoms with Gasteiger partial charge in [-0.05, 0) is 36.8 Å². The van der Waals surface area contributed by atoms with Crippen LogP contribution < -0.4 is 21.3 Å². The van der Waals surface area contributed by atoms with Crippen LogP contribution in [-0.2, 0) is 32.3 Å². The maximum Gasteiger partial charge on any atom is 0.407 e. The van der Waals surface area contributed by atoms with Gasteiger partial charge in [0.05, 0.1) is 0 Å². The molecule has 42 heavy (non-hydrogen) atoms. The molecule has 2 aromatic rings. The van der Waals surface area contributed by atoms with E-state index in [1.165, 1.54) is 0 Å². The molecule has 0 aliphatic carbocycles. The van der Waals surface area contributed by atoms with Crippen LogP contribution in [0.25, 0.3) is 0 Å². The highest BCUT2D eigenvalue weighted by Crippen LogP contribution is 2.03. The molecule has 0 fully saturated rings. The first kappa shape index (κ1) is 34.1. The Morgan fingerprint density at radius 3 is 1.14 bits per heavy atom. The Bertz CT molecular complexity index is 952. The summed E-state index contributed by atoms with van der Waals surface area (Å²) >= 11 is 0. The van der Waals surface area contributed by atoms with E-state index in [0.29, 0.717) is 26.2 Å². The minimum Gasteiger partial charge on any atom is -0.445 e. The van der Waals surface area contributed by atoms with Crippen molar-refractivity contribution in [1.82, 2.24) is 21.3 Å². The lowest BCUT2D eigenvalue weighted by Gasteiger charge is -2.08. The molecule has 0 saturated carbocycles. The number of benzene rings is 2. The summed E-state index contributed by atoms with van der Waals surface area (Å²) < 4.78 is 10.3. The maximum absolute atomic E-state index is 12.0. The number of alkyl carbamates (subject to hydrolysis) is 2. The molecule has 0 spiro atoms. The van der Waals surface area contributed by atoms with Crippen LogP contribution in [0.1, 0.15) is 75.3 Å². The lowest BCUT2D eigenvalue weighted by atomic mass is 10.2. The Labute approximate surface area is 249 Å². The number of amides is 4. The Balaban J connectivity index is 1.31. The van der Waals surface area contributed by atoms with Gasteiger partial charge < -0.3 is 30.7 Å². The highest BCUT2D eigenvalue weighted by atomic mass is 16.6. The van der Waals surface area contributed by atoms with Crippen LogP contribution in [0.3, 0.4) is 0 Å². The smallest absolute Gasteiger partial charge is 0.407 e. The SMILES string of the molecule is O=C(CCC(=O)NCCCCCCNC(=O)OCc1ccccc1)NCCCCCCNC(=O)OCc1ccccc1. The second-order valence-electron chi connectivity index (χ2n) is 10.0. The van der Waals surface area contributed by atoms with Crippen molar-refractivity contribution in [2.45, 2.75) is 77.4 Å². The molecule has 10 nitrogen and oxygen atoms in total. The van der Waals surface area contributed by atoms with Gasteiger partial charge in [0.1, 0.15) is 13.2 Å². The molecule has 0 saturated heterocycles. The van der Waals surface area contributed by atoms with Crippen molar-refractivity contribution < 1.29 is 28.7 Å². The molecule has 230 valence electrons. The molecule has 10 heteroatoms. The van der Waals surface area contributed by atoms with Crippen molar-refractivity contribution in [2.24, 2.45) is 0 Å². The van der Waals surface area contributed by atoms with Crippen molar-refractivity contribution in [1.29, 1.82) is 0 Å². The van der Waals surface area contributed by atoms with Gasteiger partial charge in [-0.2, -0.15) is 0 Å². The number of carbonyl (C=O) groups excluding carboxylic acids is 4. The van der Waals surface area contributed by atoms with E-state index in [-0.39, 0.29) is 37.9 Å². The van der Waals surface area contributed by atoms with Gasteiger partial charge in [0.25, 0.3) is 0 Å². The van der Waals surface area contributed by atoms with Gasteiger partial charge in [-0.25, -0.2) is 9.59 Å². The van der Waals surface area contributed by atoms with E-state index >= 15 is 0 Å². The molecule has 0 aromatic heterocycles. The number of hydrogen-bond acceptors (Lipinski definition) is 6. The summed E-state index contributed by atoms with van der Waals surface area (Å²) in [6.07, 6.45) is 6.65. The predicted octanol–water partition coefficient (Wildman–Crippen LogP) is 4.97. The quantitative estimate of drug-likeness (QED) is 0.154. The van der Waals surface area contributed by atoms with Crippen LogP contribution in [0.4, 0.5) is 9.59 Å². The van der Waals surface area contributed by atoms with Crippen LogP contribution in [0.2, 0.25) is 0 Å². The van der Waals surface area contributed by atoms with Crippen molar-refractivity contribution in [2.75, 3.05) is 26.2 Å². The van der Waals surface area contributed by atoms with Gasteiger partial charge >= 0.3 is 12.2 Å². The summed E-state index contributed by atoms with van der Waals surface area (Å²) in [4.78, 5) is 47.3. The summed E-state index contributed by atoms with van der Waals surface area (Å²) in [7, 11) is 0. The molecule has 0 unspecified atom stereocenters. The summed E-state index contributed by atoms with van der Waals surface area (Å²) in [5, 5.41) is 11.2. The fraction of sp³-hybridized carbons (Fsp3) is 0.500. The van der Waals surface area contributed by atoms with E-state index < -0.39 is 12.2 Å². The van der Waals surface area contributed by atoms with Crippen LogP contribution >= 0.6 is 0 Å². The highest BCUT2D eigenvalue weighted by molar-refractivity contribution is 5.83. The van der Waals surface area contributed by atoms with Crippen molar-refractivity contribution in [3.05, 3.63) is 71.8 Å². The Morgan fingerprint density at radius 1 is 0.452 bits per heavy atom. The van der Waals surface area contributed by atoms with Gasteiger partial charge in [-0.1, -0.05) is 86.3 Å². The number of carbonyl (C=O) groups is 4. The first-order chi connectivity index (χ1) is 20.5. The highest BCUT2D eigenvalue weighted by Gasteiger charge is 2.07. The van der Waals surface area contributed by atoms with Crippen LogP contribution in [0.15, 0.2) is 60.7 Å². The van der Waals surface area contributed by atoms with E-state index in [1.54, 1.807) is 0 Å². The molecule has 2 aromatic carbocycles. The number of rotatable bonds is 21. The Kier molecular flexibility index (Phi) is 18.4. The molecule has 0 aliphatic rings. The third-order valence-electron chi connectivity index (χ3n) is 6.39. The Morgan fingerprint density at radius 2 is 0.786 bits per heavy atom. The van der Waals surface area contributed by atoms with E-state index in [9.17, 15) is 19.2 Å². The zero-order valence-electron chi connectivity index (χ0n) is 24.5. The predicted molar refractivity (Wildman–Crippen MR) is 161 cm³/mol. The minimum absolute atomic E-state index is 0.122. The number of nitrogens with one attached hydrogen (secondary N) is 4. The van der Waals surface area contributed by atoms with Crippen molar-refractivity contribution >= 4 is 24.0 Å². The van der Waals surface area contributed by atoms with Gasteiger partial charge in [0.2, 0.25) is 11.8 Å². The molecular weight excluding hydrogens is 536 g/mol. The maximum atomic E-state index is 12.0. The number of unbranched alkanes of at least 4 members (excludes halogenated alkanes) is 6. The largest absolute Gasteiger partial charge is 0.445 e. The fourth-order valence-corrected chi connectivity index (χ4v) is 4.00. The summed E-state index contributed by atoms with van der Waals surface area (Å²) in [5.41, 5.74) is 1.90. The lowest BCUT2D eigenvalue weighted by molar-refractivity contribution is -0.126. The van der Waals surface area contributed by atoms with Gasteiger partial charge in [-0.15, -0.1) is 0 Å². The van der Waals surface area contributed by atoms with Crippen molar-refractivity contribution in [3.8, 4) is 0 Å². The third-order valence-corrected chi connectivity index (χ3v) is 6.39. The summed E-state index contributed by atoms with van der Waals surface area (Å²) in [6.45, 7) is 2.77. The van der Waals surface area contributed by atoms with E-state index in [2.05, 4.69) is 21.3 Å². The Hall–Kier alpha value is -4.08. The van der Waals surface area contributed by atoms with Crippen LogP contribution in [0, 0.1) is 0 Å². The molecule has 0 heterocycles. The number of hydrogen-bond donors (Lipinski definition) is 4. The second kappa shape index (κ2) is 22.6. The van der Waals surface area contributed by atoms with E-state index in [1.807, 2.05) is 60.7 Å². The lowest BCUT2D eigenvalue weighted by Crippen LogP contribution is -2.29. The molecule has 4 N–H and O–H groups in total. The average molecular weight is 583 g/mol. The second-order valence-corrected chi connectivity index (χ2v) is 10.0. The normalized spacial score (nSPS) is 10.4. The first-order valence-corrected chi connectivity index (χ1v) is 15.0. The zero-order chi connectivity index (χ0) is 30.1. The minimum atomic E-state index is -0.418. The van der Waals surface area contributed by atoms with Crippen LogP contribution in [0.5, 0.6) is 0 Å². The molecule has 0 bridgehead atoms.